The summed E-state index contributed by atoms with van der Waals surface area (Å²) in [6.45, 7) is 3.24. The number of hydrogen-bond acceptors (Lipinski definition) is 2. The SMILES string of the molecule is C=CC([C]=S)C(=O)O. The molecule has 8 heavy (non-hydrogen) atoms. The van der Waals surface area contributed by atoms with E-state index in [0.717, 1.165) is 0 Å². The predicted octanol–water partition coefficient (Wildman–Crippen LogP) is 0.750. The highest BCUT2D eigenvalue weighted by atomic mass is 32.1. The second-order valence-electron chi connectivity index (χ2n) is 1.17. The van der Waals surface area contributed by atoms with Gasteiger partial charge in [0.05, 0.1) is 0 Å². The summed E-state index contributed by atoms with van der Waals surface area (Å²) in [6.07, 6.45) is 1.23. The highest BCUT2D eigenvalue weighted by Gasteiger charge is 2.07. The Balaban J connectivity index is 3.88. The van der Waals surface area contributed by atoms with Crippen molar-refractivity contribution in [3.63, 3.8) is 0 Å². The number of rotatable bonds is 3. The van der Waals surface area contributed by atoms with E-state index in [4.69, 9.17) is 5.11 Å². The highest BCUT2D eigenvalue weighted by molar-refractivity contribution is 7.79. The molecule has 0 aromatic heterocycles. The van der Waals surface area contributed by atoms with Gasteiger partial charge in [0.1, 0.15) is 5.92 Å². The van der Waals surface area contributed by atoms with Gasteiger partial charge in [-0.25, -0.2) is 0 Å². The van der Waals surface area contributed by atoms with Crippen molar-refractivity contribution in [3.05, 3.63) is 12.7 Å². The molecule has 1 unspecified atom stereocenters. The van der Waals surface area contributed by atoms with Gasteiger partial charge in [0.2, 0.25) is 0 Å². The van der Waals surface area contributed by atoms with Gasteiger partial charge in [-0.3, -0.25) is 4.79 Å². The van der Waals surface area contributed by atoms with Crippen molar-refractivity contribution in [2.75, 3.05) is 0 Å². The number of carboxylic acids is 1. The topological polar surface area (TPSA) is 37.3 Å². The molecule has 2 nitrogen and oxygen atoms in total. The van der Waals surface area contributed by atoms with Crippen molar-refractivity contribution in [2.24, 2.45) is 5.92 Å². The number of carbonyl (C=O) groups is 1. The van der Waals surface area contributed by atoms with Crippen LogP contribution in [0.15, 0.2) is 12.7 Å². The molecule has 0 heterocycles. The summed E-state index contributed by atoms with van der Waals surface area (Å²) in [6, 6.07) is 0. The molecule has 0 spiro atoms. The van der Waals surface area contributed by atoms with Crippen LogP contribution in [0.4, 0.5) is 0 Å². The summed E-state index contributed by atoms with van der Waals surface area (Å²) in [5.41, 5.74) is 0. The zero-order chi connectivity index (χ0) is 6.57. The van der Waals surface area contributed by atoms with Crippen LogP contribution in [0.2, 0.25) is 0 Å². The molecule has 0 fully saturated rings. The highest BCUT2D eigenvalue weighted by Crippen LogP contribution is 1.91. The lowest BCUT2D eigenvalue weighted by molar-refractivity contribution is -0.137. The fourth-order valence-electron chi connectivity index (χ4n) is 0.199. The van der Waals surface area contributed by atoms with Crippen molar-refractivity contribution in [1.82, 2.24) is 0 Å². The summed E-state index contributed by atoms with van der Waals surface area (Å²) >= 11 is 4.25. The first-order valence-electron chi connectivity index (χ1n) is 1.95. The summed E-state index contributed by atoms with van der Waals surface area (Å²) in [7, 11) is 0. The average Bonchev–Trinajstić information content (AvgIpc) is 1.69. The Kier molecular flexibility index (Phi) is 3.03. The average molecular weight is 129 g/mol. The van der Waals surface area contributed by atoms with E-state index < -0.39 is 11.9 Å². The predicted molar refractivity (Wildman–Crippen MR) is 33.9 cm³/mol. The number of aliphatic carboxylic acids is 1. The van der Waals surface area contributed by atoms with Gasteiger partial charge in [0.25, 0.3) is 0 Å². The standard InChI is InChI=1S/C5H5O2S/c1-2-4(3-8)5(6)7/h2,4H,1H2,(H,6,7). The molecule has 0 aromatic carbocycles. The molecule has 43 valence electrons. The van der Waals surface area contributed by atoms with Gasteiger partial charge < -0.3 is 5.11 Å². The number of thiocarbonyl (C=S) groups is 1. The third kappa shape index (κ3) is 1.84. The Labute approximate surface area is 52.8 Å². The first-order chi connectivity index (χ1) is 3.72. The quantitative estimate of drug-likeness (QED) is 0.451. The van der Waals surface area contributed by atoms with E-state index in [1.807, 2.05) is 0 Å². The molecule has 1 N–H and O–H groups in total. The summed E-state index contributed by atoms with van der Waals surface area (Å²) < 4.78 is 0. The lowest BCUT2D eigenvalue weighted by Crippen LogP contribution is -2.10. The van der Waals surface area contributed by atoms with Crippen molar-refractivity contribution < 1.29 is 9.90 Å². The van der Waals surface area contributed by atoms with E-state index in [2.05, 4.69) is 24.2 Å². The van der Waals surface area contributed by atoms with E-state index in [0.29, 0.717) is 0 Å². The second-order valence-corrected chi connectivity index (χ2v) is 1.41. The first-order valence-corrected chi connectivity index (χ1v) is 2.36. The molecule has 3 heteroatoms. The largest absolute Gasteiger partial charge is 0.481 e. The van der Waals surface area contributed by atoms with Gasteiger partial charge >= 0.3 is 5.97 Å². The Morgan fingerprint density at radius 3 is 2.50 bits per heavy atom. The zero-order valence-corrected chi connectivity index (χ0v) is 4.94. The molecule has 0 amide bonds. The van der Waals surface area contributed by atoms with Crippen LogP contribution in [0.5, 0.6) is 0 Å². The van der Waals surface area contributed by atoms with Crippen LogP contribution in [0.25, 0.3) is 0 Å². The molecule has 0 saturated heterocycles. The maximum Gasteiger partial charge on any atom is 0.315 e. The van der Waals surface area contributed by atoms with Crippen molar-refractivity contribution in [1.29, 1.82) is 0 Å². The van der Waals surface area contributed by atoms with Crippen molar-refractivity contribution >= 4 is 23.6 Å². The summed E-state index contributed by atoms with van der Waals surface area (Å²) in [5, 5.41) is 10.3. The van der Waals surface area contributed by atoms with Crippen LogP contribution >= 0.6 is 12.2 Å². The summed E-state index contributed by atoms with van der Waals surface area (Å²) in [5.74, 6) is -1.81. The fourth-order valence-corrected chi connectivity index (χ4v) is 0.396. The molecular weight excluding hydrogens is 124 g/mol. The van der Waals surface area contributed by atoms with E-state index in [1.54, 1.807) is 0 Å². The molecular formula is C5H5O2S. The minimum absolute atomic E-state index is 0.801. The van der Waals surface area contributed by atoms with Crippen molar-refractivity contribution in [3.8, 4) is 0 Å². The smallest absolute Gasteiger partial charge is 0.315 e. The van der Waals surface area contributed by atoms with E-state index in [9.17, 15) is 4.79 Å². The number of hydrogen-bond donors (Lipinski definition) is 1. The fraction of sp³-hybridized carbons (Fsp3) is 0.200. The first kappa shape index (κ1) is 7.30. The van der Waals surface area contributed by atoms with Gasteiger partial charge in [-0.05, 0) is 0 Å². The maximum atomic E-state index is 9.96. The molecule has 0 aliphatic carbocycles. The second kappa shape index (κ2) is 3.32. The van der Waals surface area contributed by atoms with Crippen LogP contribution in [0, 0.1) is 5.92 Å². The molecule has 1 radical (unpaired) electrons. The molecule has 0 aliphatic heterocycles. The Hall–Kier alpha value is -0.700. The minimum Gasteiger partial charge on any atom is -0.481 e. The van der Waals surface area contributed by atoms with Crippen LogP contribution in [-0.4, -0.2) is 16.4 Å². The molecule has 0 bridgehead atoms. The van der Waals surface area contributed by atoms with Crippen LogP contribution in [-0.2, 0) is 4.79 Å². The molecule has 1 atom stereocenters. The van der Waals surface area contributed by atoms with Crippen LogP contribution in [0.1, 0.15) is 0 Å². The lowest BCUT2D eigenvalue weighted by atomic mass is 10.2. The van der Waals surface area contributed by atoms with Crippen molar-refractivity contribution in [2.45, 2.75) is 0 Å². The van der Waals surface area contributed by atoms with Gasteiger partial charge in [0, 0.05) is 5.37 Å². The third-order valence-corrected chi connectivity index (χ3v) is 0.883. The molecule has 0 aromatic rings. The Morgan fingerprint density at radius 1 is 2.00 bits per heavy atom. The van der Waals surface area contributed by atoms with Gasteiger partial charge in [-0.15, -0.1) is 6.58 Å². The Morgan fingerprint density at radius 2 is 2.50 bits per heavy atom. The Bertz CT molecular complexity index is 112. The van der Waals surface area contributed by atoms with Gasteiger partial charge in [-0.1, -0.05) is 18.3 Å². The monoisotopic (exact) mass is 129 g/mol. The summed E-state index contributed by atoms with van der Waals surface area (Å²) in [4.78, 5) is 9.96. The third-order valence-electron chi connectivity index (χ3n) is 0.629. The van der Waals surface area contributed by atoms with Gasteiger partial charge in [0.15, 0.2) is 0 Å². The van der Waals surface area contributed by atoms with Crippen LogP contribution in [0.3, 0.4) is 0 Å². The molecule has 0 rings (SSSR count). The van der Waals surface area contributed by atoms with E-state index in [-0.39, 0.29) is 0 Å². The number of carboxylic acid groups (broad SMARTS) is 1. The zero-order valence-electron chi connectivity index (χ0n) is 4.13. The maximum absolute atomic E-state index is 9.96. The van der Waals surface area contributed by atoms with E-state index >= 15 is 0 Å². The molecule has 0 aliphatic rings. The minimum atomic E-state index is -1.00. The van der Waals surface area contributed by atoms with Gasteiger partial charge in [-0.2, -0.15) is 0 Å². The van der Waals surface area contributed by atoms with E-state index in [1.165, 1.54) is 6.08 Å². The van der Waals surface area contributed by atoms with Crippen LogP contribution < -0.4 is 0 Å². The molecule has 0 saturated carbocycles. The lowest BCUT2D eigenvalue weighted by Gasteiger charge is -1.92. The normalized spacial score (nSPS) is 12.0.